The van der Waals surface area contributed by atoms with Crippen LogP contribution in [0.2, 0.25) is 0 Å². The molecule has 2 aliphatic rings. The first kappa shape index (κ1) is 15.8. The van der Waals surface area contributed by atoms with E-state index in [-0.39, 0.29) is 24.8 Å². The Labute approximate surface area is 122 Å². The largest absolute Gasteiger partial charge is 0.330 e. The van der Waals surface area contributed by atoms with E-state index in [1.165, 1.54) is 25.1 Å². The first-order valence-corrected chi connectivity index (χ1v) is 6.35. The van der Waals surface area contributed by atoms with Crippen LogP contribution in [-0.4, -0.2) is 24.5 Å². The topological polar surface area (TPSA) is 29.3 Å². The fraction of sp³-hybridized carbons (Fsp3) is 0.571. The Morgan fingerprint density at radius 1 is 1.06 bits per heavy atom. The lowest BCUT2D eigenvalue weighted by atomic mass is 10.1. The van der Waals surface area contributed by atoms with Crippen LogP contribution in [-0.2, 0) is 6.54 Å². The van der Waals surface area contributed by atoms with Crippen molar-refractivity contribution in [3.05, 3.63) is 35.9 Å². The van der Waals surface area contributed by atoms with Gasteiger partial charge < -0.3 is 5.73 Å². The predicted octanol–water partition coefficient (Wildman–Crippen LogP) is 2.56. The highest BCUT2D eigenvalue weighted by atomic mass is 35.5. The van der Waals surface area contributed by atoms with Crippen molar-refractivity contribution in [2.45, 2.75) is 13.0 Å². The molecule has 0 amide bonds. The van der Waals surface area contributed by atoms with Crippen molar-refractivity contribution in [3.8, 4) is 0 Å². The van der Waals surface area contributed by atoms with Crippen LogP contribution in [0, 0.1) is 17.8 Å². The lowest BCUT2D eigenvalue weighted by Gasteiger charge is -2.19. The summed E-state index contributed by atoms with van der Waals surface area (Å²) in [6, 6.07) is 10.8. The maximum atomic E-state index is 5.62. The van der Waals surface area contributed by atoms with Crippen LogP contribution in [0.1, 0.15) is 12.0 Å². The van der Waals surface area contributed by atoms with Crippen molar-refractivity contribution < 1.29 is 0 Å². The molecule has 1 saturated heterocycles. The Morgan fingerprint density at radius 3 is 2.22 bits per heavy atom. The molecule has 0 radical (unpaired) electrons. The van der Waals surface area contributed by atoms with E-state index >= 15 is 0 Å². The van der Waals surface area contributed by atoms with Crippen LogP contribution in [0.25, 0.3) is 0 Å². The number of nitrogens with zero attached hydrogens (tertiary/aromatic N) is 1. The molecule has 1 heterocycles. The Balaban J connectivity index is 0.000000810. The Hall–Kier alpha value is -0.280. The molecule has 1 aromatic carbocycles. The molecule has 0 bridgehead atoms. The quantitative estimate of drug-likeness (QED) is 0.923. The minimum atomic E-state index is 0. The van der Waals surface area contributed by atoms with Gasteiger partial charge in [-0.15, -0.1) is 24.8 Å². The Morgan fingerprint density at radius 2 is 1.67 bits per heavy atom. The molecule has 0 spiro atoms. The SMILES string of the molecule is Cl.Cl.NCCC1C2CN(Cc3ccccc3)CC12. The van der Waals surface area contributed by atoms with E-state index in [0.29, 0.717) is 0 Å². The zero-order valence-electron chi connectivity index (χ0n) is 10.5. The third-order valence-corrected chi connectivity index (χ3v) is 4.20. The molecule has 2 N–H and O–H groups in total. The summed E-state index contributed by atoms with van der Waals surface area (Å²) in [4.78, 5) is 2.59. The van der Waals surface area contributed by atoms with E-state index in [9.17, 15) is 0 Å². The molecule has 2 atom stereocenters. The molecule has 1 aromatic rings. The fourth-order valence-electron chi connectivity index (χ4n) is 3.33. The molecular formula is C14H22Cl2N2. The van der Waals surface area contributed by atoms with Gasteiger partial charge in [0, 0.05) is 19.6 Å². The molecule has 1 saturated carbocycles. The molecule has 2 fully saturated rings. The van der Waals surface area contributed by atoms with Gasteiger partial charge in [0.1, 0.15) is 0 Å². The van der Waals surface area contributed by atoms with Crippen molar-refractivity contribution in [2.24, 2.45) is 23.5 Å². The number of halogens is 2. The van der Waals surface area contributed by atoms with Crippen molar-refractivity contribution >= 4 is 24.8 Å². The maximum Gasteiger partial charge on any atom is 0.0233 e. The van der Waals surface area contributed by atoms with Crippen LogP contribution in [0.5, 0.6) is 0 Å². The van der Waals surface area contributed by atoms with E-state index in [1.807, 2.05) is 0 Å². The molecule has 102 valence electrons. The molecule has 2 nitrogen and oxygen atoms in total. The second kappa shape index (κ2) is 6.76. The number of fused-ring (bicyclic) bond motifs is 1. The number of likely N-dealkylation sites (tertiary alicyclic amines) is 1. The lowest BCUT2D eigenvalue weighted by molar-refractivity contribution is 0.275. The number of benzene rings is 1. The highest BCUT2D eigenvalue weighted by Crippen LogP contribution is 2.53. The number of rotatable bonds is 4. The highest BCUT2D eigenvalue weighted by molar-refractivity contribution is 5.85. The summed E-state index contributed by atoms with van der Waals surface area (Å²) in [6.45, 7) is 4.59. The summed E-state index contributed by atoms with van der Waals surface area (Å²) < 4.78 is 0. The third-order valence-electron chi connectivity index (χ3n) is 4.20. The van der Waals surface area contributed by atoms with E-state index in [0.717, 1.165) is 30.8 Å². The van der Waals surface area contributed by atoms with Crippen LogP contribution in [0.4, 0.5) is 0 Å². The van der Waals surface area contributed by atoms with E-state index < -0.39 is 0 Å². The highest BCUT2D eigenvalue weighted by Gasteiger charge is 2.54. The summed E-state index contributed by atoms with van der Waals surface area (Å²) in [6.07, 6.45) is 1.24. The van der Waals surface area contributed by atoms with Gasteiger partial charge in [0.2, 0.25) is 0 Å². The minimum absolute atomic E-state index is 0. The standard InChI is InChI=1S/C14H20N2.2ClH/c15-7-6-12-13-9-16(10-14(12)13)8-11-4-2-1-3-5-11;;/h1-5,12-14H,6-10,15H2;2*1H. The minimum Gasteiger partial charge on any atom is -0.330 e. The normalized spacial score (nSPS) is 29.1. The second-order valence-electron chi connectivity index (χ2n) is 5.25. The molecule has 18 heavy (non-hydrogen) atoms. The summed E-state index contributed by atoms with van der Waals surface area (Å²) in [5.74, 6) is 2.89. The van der Waals surface area contributed by atoms with Gasteiger partial charge in [-0.1, -0.05) is 30.3 Å². The zero-order chi connectivity index (χ0) is 11.0. The molecule has 1 aliphatic carbocycles. The van der Waals surface area contributed by atoms with Gasteiger partial charge in [-0.25, -0.2) is 0 Å². The van der Waals surface area contributed by atoms with E-state index in [2.05, 4.69) is 35.2 Å². The van der Waals surface area contributed by atoms with Crippen molar-refractivity contribution in [1.29, 1.82) is 0 Å². The lowest BCUT2D eigenvalue weighted by Crippen LogP contribution is -2.24. The average Bonchev–Trinajstić information content (AvgIpc) is 2.76. The molecule has 0 aromatic heterocycles. The first-order chi connectivity index (χ1) is 7.88. The van der Waals surface area contributed by atoms with Gasteiger partial charge in [-0.05, 0) is 36.3 Å². The molecular weight excluding hydrogens is 267 g/mol. The van der Waals surface area contributed by atoms with Crippen LogP contribution >= 0.6 is 24.8 Å². The first-order valence-electron chi connectivity index (χ1n) is 6.35. The van der Waals surface area contributed by atoms with Crippen molar-refractivity contribution in [3.63, 3.8) is 0 Å². The fourth-order valence-corrected chi connectivity index (χ4v) is 3.33. The predicted molar refractivity (Wildman–Crippen MR) is 80.4 cm³/mol. The number of hydrogen-bond donors (Lipinski definition) is 1. The number of piperidine rings is 1. The van der Waals surface area contributed by atoms with Gasteiger partial charge in [0.15, 0.2) is 0 Å². The van der Waals surface area contributed by atoms with Gasteiger partial charge in [0.05, 0.1) is 0 Å². The molecule has 3 rings (SSSR count). The summed E-state index contributed by atoms with van der Waals surface area (Å²) in [7, 11) is 0. The average molecular weight is 289 g/mol. The second-order valence-corrected chi connectivity index (χ2v) is 5.25. The van der Waals surface area contributed by atoms with Crippen LogP contribution < -0.4 is 5.73 Å². The van der Waals surface area contributed by atoms with E-state index in [1.54, 1.807) is 0 Å². The summed E-state index contributed by atoms with van der Waals surface area (Å²) in [5.41, 5.74) is 7.06. The Kier molecular flexibility index (Phi) is 5.93. The van der Waals surface area contributed by atoms with Gasteiger partial charge >= 0.3 is 0 Å². The van der Waals surface area contributed by atoms with Crippen molar-refractivity contribution in [1.82, 2.24) is 4.90 Å². The van der Waals surface area contributed by atoms with Crippen molar-refractivity contribution in [2.75, 3.05) is 19.6 Å². The summed E-state index contributed by atoms with van der Waals surface area (Å²) in [5, 5.41) is 0. The number of nitrogens with two attached hydrogens (primary N) is 1. The maximum absolute atomic E-state index is 5.62. The van der Waals surface area contributed by atoms with Crippen LogP contribution in [0.3, 0.4) is 0 Å². The van der Waals surface area contributed by atoms with E-state index in [4.69, 9.17) is 5.73 Å². The third kappa shape index (κ3) is 3.18. The van der Waals surface area contributed by atoms with Crippen LogP contribution in [0.15, 0.2) is 30.3 Å². The number of hydrogen-bond acceptors (Lipinski definition) is 2. The van der Waals surface area contributed by atoms with Gasteiger partial charge in [-0.3, -0.25) is 4.90 Å². The monoisotopic (exact) mass is 288 g/mol. The summed E-state index contributed by atoms with van der Waals surface area (Å²) >= 11 is 0. The van der Waals surface area contributed by atoms with Gasteiger partial charge in [0.25, 0.3) is 0 Å². The molecule has 1 aliphatic heterocycles. The molecule has 4 heteroatoms. The molecule has 2 unspecified atom stereocenters. The van der Waals surface area contributed by atoms with Gasteiger partial charge in [-0.2, -0.15) is 0 Å². The smallest absolute Gasteiger partial charge is 0.0233 e. The Bertz CT molecular complexity index is 346. The zero-order valence-corrected chi connectivity index (χ0v) is 12.1.